The van der Waals surface area contributed by atoms with E-state index >= 15 is 0 Å². The molecule has 3 rings (SSSR count). The van der Waals surface area contributed by atoms with Crippen molar-refractivity contribution in [3.63, 3.8) is 0 Å². The van der Waals surface area contributed by atoms with E-state index in [0.717, 1.165) is 30.6 Å². The van der Waals surface area contributed by atoms with Crippen molar-refractivity contribution in [3.05, 3.63) is 42.0 Å². The van der Waals surface area contributed by atoms with Gasteiger partial charge in [-0.15, -0.1) is 0 Å². The molecule has 1 heterocycles. The van der Waals surface area contributed by atoms with Gasteiger partial charge in [-0.1, -0.05) is 24.3 Å². The molecule has 1 aromatic carbocycles. The van der Waals surface area contributed by atoms with Crippen LogP contribution in [0.25, 0.3) is 0 Å². The standard InChI is InChI=1S/C18H22O3/c1-12(2)21-16-6-4-14(5-7-16)10-18-9-13(3)8-15(18)11-20-17(18)19/h4-7,12,15H,3,8-11H2,1-2H3. The number of benzene rings is 1. The Hall–Kier alpha value is -1.77. The van der Waals surface area contributed by atoms with Crippen molar-refractivity contribution in [2.24, 2.45) is 11.3 Å². The van der Waals surface area contributed by atoms with Crippen LogP contribution in [0.15, 0.2) is 36.4 Å². The Kier molecular flexibility index (Phi) is 3.52. The van der Waals surface area contributed by atoms with E-state index in [0.29, 0.717) is 12.5 Å². The summed E-state index contributed by atoms with van der Waals surface area (Å²) in [5.74, 6) is 1.12. The van der Waals surface area contributed by atoms with Crippen LogP contribution in [0.2, 0.25) is 0 Å². The topological polar surface area (TPSA) is 35.5 Å². The Morgan fingerprint density at radius 1 is 1.38 bits per heavy atom. The van der Waals surface area contributed by atoms with E-state index in [1.807, 2.05) is 26.0 Å². The highest BCUT2D eigenvalue weighted by atomic mass is 16.5. The van der Waals surface area contributed by atoms with E-state index in [-0.39, 0.29) is 17.5 Å². The van der Waals surface area contributed by atoms with E-state index in [4.69, 9.17) is 9.47 Å². The molecule has 3 heteroatoms. The Morgan fingerprint density at radius 2 is 2.10 bits per heavy atom. The third-order valence-corrected chi connectivity index (χ3v) is 4.52. The molecular weight excluding hydrogens is 264 g/mol. The lowest BCUT2D eigenvalue weighted by atomic mass is 9.75. The maximum absolute atomic E-state index is 12.3. The number of rotatable bonds is 4. The summed E-state index contributed by atoms with van der Waals surface area (Å²) >= 11 is 0. The van der Waals surface area contributed by atoms with Gasteiger partial charge in [0.15, 0.2) is 0 Å². The van der Waals surface area contributed by atoms with Gasteiger partial charge in [0, 0.05) is 5.92 Å². The minimum absolute atomic E-state index is 0.0475. The molecule has 1 saturated heterocycles. The van der Waals surface area contributed by atoms with Crippen LogP contribution in [-0.4, -0.2) is 18.7 Å². The fraction of sp³-hybridized carbons (Fsp3) is 0.500. The molecular formula is C18H22O3. The highest BCUT2D eigenvalue weighted by molar-refractivity contribution is 5.81. The van der Waals surface area contributed by atoms with Gasteiger partial charge in [-0.2, -0.15) is 0 Å². The van der Waals surface area contributed by atoms with Gasteiger partial charge in [0.05, 0.1) is 18.1 Å². The number of carbonyl (C=O) groups excluding carboxylic acids is 1. The van der Waals surface area contributed by atoms with Crippen LogP contribution in [0.5, 0.6) is 5.75 Å². The zero-order valence-corrected chi connectivity index (χ0v) is 12.7. The maximum atomic E-state index is 12.3. The van der Waals surface area contributed by atoms with Crippen molar-refractivity contribution in [2.45, 2.75) is 39.2 Å². The number of cyclic esters (lactones) is 1. The smallest absolute Gasteiger partial charge is 0.313 e. The molecule has 0 bridgehead atoms. The SMILES string of the molecule is C=C1CC2COC(=O)C2(Cc2ccc(OC(C)C)cc2)C1. The van der Waals surface area contributed by atoms with Crippen LogP contribution in [-0.2, 0) is 16.0 Å². The van der Waals surface area contributed by atoms with Crippen molar-refractivity contribution >= 4 is 5.97 Å². The second-order valence-corrected chi connectivity index (χ2v) is 6.57. The molecule has 1 saturated carbocycles. The number of esters is 1. The molecule has 1 aliphatic carbocycles. The van der Waals surface area contributed by atoms with E-state index in [1.165, 1.54) is 5.57 Å². The Bertz CT molecular complexity index is 558. The second kappa shape index (κ2) is 5.21. The van der Waals surface area contributed by atoms with Crippen LogP contribution in [0.1, 0.15) is 32.3 Å². The van der Waals surface area contributed by atoms with Gasteiger partial charge < -0.3 is 9.47 Å². The van der Waals surface area contributed by atoms with Gasteiger partial charge in [-0.25, -0.2) is 0 Å². The summed E-state index contributed by atoms with van der Waals surface area (Å²) < 4.78 is 11.0. The van der Waals surface area contributed by atoms with Gasteiger partial charge in [0.25, 0.3) is 0 Å². The number of ether oxygens (including phenoxy) is 2. The van der Waals surface area contributed by atoms with E-state index in [9.17, 15) is 4.79 Å². The van der Waals surface area contributed by atoms with Gasteiger partial charge >= 0.3 is 5.97 Å². The quantitative estimate of drug-likeness (QED) is 0.627. The first-order chi connectivity index (χ1) is 9.99. The minimum Gasteiger partial charge on any atom is -0.491 e. The first-order valence-corrected chi connectivity index (χ1v) is 7.59. The Morgan fingerprint density at radius 3 is 2.76 bits per heavy atom. The molecule has 2 fully saturated rings. The van der Waals surface area contributed by atoms with Gasteiger partial charge in [-0.05, 0) is 50.8 Å². The fourth-order valence-corrected chi connectivity index (χ4v) is 3.59. The number of fused-ring (bicyclic) bond motifs is 1. The Labute approximate surface area is 125 Å². The van der Waals surface area contributed by atoms with E-state index < -0.39 is 0 Å². The molecule has 0 amide bonds. The van der Waals surface area contributed by atoms with Gasteiger partial charge in [-0.3, -0.25) is 4.79 Å². The normalized spacial score (nSPS) is 27.9. The molecule has 3 nitrogen and oxygen atoms in total. The largest absolute Gasteiger partial charge is 0.491 e. The minimum atomic E-state index is -0.377. The molecule has 2 atom stereocenters. The van der Waals surface area contributed by atoms with Crippen molar-refractivity contribution in [1.82, 2.24) is 0 Å². The highest BCUT2D eigenvalue weighted by Crippen LogP contribution is 2.52. The lowest BCUT2D eigenvalue weighted by molar-refractivity contribution is -0.146. The molecule has 1 aromatic rings. The summed E-state index contributed by atoms with van der Waals surface area (Å²) in [5, 5.41) is 0. The fourth-order valence-electron chi connectivity index (χ4n) is 3.59. The summed E-state index contributed by atoms with van der Waals surface area (Å²) in [6, 6.07) is 8.06. The lowest BCUT2D eigenvalue weighted by Crippen LogP contribution is -2.31. The Balaban J connectivity index is 1.79. The summed E-state index contributed by atoms with van der Waals surface area (Å²) in [7, 11) is 0. The average molecular weight is 286 g/mol. The van der Waals surface area contributed by atoms with Crippen molar-refractivity contribution in [2.75, 3.05) is 6.61 Å². The third kappa shape index (κ3) is 2.57. The van der Waals surface area contributed by atoms with Gasteiger partial charge in [0.1, 0.15) is 5.75 Å². The van der Waals surface area contributed by atoms with Crippen LogP contribution < -0.4 is 4.74 Å². The number of hydrogen-bond donors (Lipinski definition) is 0. The molecule has 112 valence electrons. The molecule has 0 radical (unpaired) electrons. The molecule has 0 aromatic heterocycles. The summed E-state index contributed by atoms with van der Waals surface area (Å²) in [5.41, 5.74) is 1.96. The zero-order valence-electron chi connectivity index (χ0n) is 12.7. The van der Waals surface area contributed by atoms with Crippen LogP contribution in [0.4, 0.5) is 0 Å². The molecule has 2 aliphatic rings. The summed E-state index contributed by atoms with van der Waals surface area (Å²) in [4.78, 5) is 12.3. The van der Waals surface area contributed by atoms with Gasteiger partial charge in [0.2, 0.25) is 0 Å². The number of allylic oxidation sites excluding steroid dienone is 1. The van der Waals surface area contributed by atoms with Crippen molar-refractivity contribution in [3.8, 4) is 5.75 Å². The summed E-state index contributed by atoms with van der Waals surface area (Å²) in [6.07, 6.45) is 2.58. The monoisotopic (exact) mass is 286 g/mol. The van der Waals surface area contributed by atoms with Crippen LogP contribution in [0.3, 0.4) is 0 Å². The van der Waals surface area contributed by atoms with E-state index in [1.54, 1.807) is 0 Å². The second-order valence-electron chi connectivity index (χ2n) is 6.57. The van der Waals surface area contributed by atoms with Crippen molar-refractivity contribution < 1.29 is 14.3 Å². The predicted molar refractivity (Wildman–Crippen MR) is 81.2 cm³/mol. The first-order valence-electron chi connectivity index (χ1n) is 7.59. The maximum Gasteiger partial charge on any atom is 0.313 e. The first kappa shape index (κ1) is 14.2. The highest BCUT2D eigenvalue weighted by Gasteiger charge is 2.55. The zero-order chi connectivity index (χ0) is 15.0. The summed E-state index contributed by atoms with van der Waals surface area (Å²) in [6.45, 7) is 8.64. The molecule has 2 unspecified atom stereocenters. The van der Waals surface area contributed by atoms with Crippen LogP contribution in [0, 0.1) is 11.3 Å². The molecule has 21 heavy (non-hydrogen) atoms. The van der Waals surface area contributed by atoms with Crippen LogP contribution >= 0.6 is 0 Å². The molecule has 0 spiro atoms. The number of carbonyl (C=O) groups is 1. The molecule has 1 aliphatic heterocycles. The number of hydrogen-bond acceptors (Lipinski definition) is 3. The van der Waals surface area contributed by atoms with E-state index in [2.05, 4.69) is 18.7 Å². The van der Waals surface area contributed by atoms with Crippen molar-refractivity contribution in [1.29, 1.82) is 0 Å². The molecule has 0 N–H and O–H groups in total. The third-order valence-electron chi connectivity index (χ3n) is 4.52. The lowest BCUT2D eigenvalue weighted by Gasteiger charge is -2.24. The average Bonchev–Trinajstić information content (AvgIpc) is 2.88. The predicted octanol–water partition coefficient (Wildman–Crippen LogP) is 3.53.